The Bertz CT molecular complexity index is 922. The van der Waals surface area contributed by atoms with Gasteiger partial charge in [-0.25, -0.2) is 4.98 Å². The monoisotopic (exact) mass is 340 g/mol. The molecule has 0 aliphatic heterocycles. The molecule has 0 bridgehead atoms. The van der Waals surface area contributed by atoms with Gasteiger partial charge in [-0.3, -0.25) is 4.79 Å². The summed E-state index contributed by atoms with van der Waals surface area (Å²) in [6, 6.07) is 9.32. The number of nitrogens with zero attached hydrogens (tertiary/aromatic N) is 2. The predicted molar refractivity (Wildman–Crippen MR) is 83.7 cm³/mol. The predicted octanol–water partition coefficient (Wildman–Crippen LogP) is 4.26. The third-order valence-electron chi connectivity index (χ3n) is 2.99. The van der Waals surface area contributed by atoms with Gasteiger partial charge in [0.15, 0.2) is 5.82 Å². The lowest BCUT2D eigenvalue weighted by molar-refractivity contribution is 0.178. The number of benzene rings is 2. The van der Waals surface area contributed by atoms with Crippen LogP contribution in [0.3, 0.4) is 0 Å². The van der Waals surface area contributed by atoms with Gasteiger partial charge in [0.05, 0.1) is 20.9 Å². The fourth-order valence-corrected chi connectivity index (χ4v) is 2.44. The van der Waals surface area contributed by atoms with Gasteiger partial charge in [-0.05, 0) is 36.4 Å². The highest BCUT2D eigenvalue weighted by Gasteiger charge is 2.13. The summed E-state index contributed by atoms with van der Waals surface area (Å²) >= 11 is 17.7. The van der Waals surface area contributed by atoms with Crippen molar-refractivity contribution in [2.45, 2.75) is 0 Å². The van der Waals surface area contributed by atoms with Gasteiger partial charge in [-0.2, -0.15) is 0 Å². The van der Waals surface area contributed by atoms with Gasteiger partial charge in [-0.15, -0.1) is 4.73 Å². The molecular formula is C14H7Cl3N2O2. The Balaban J connectivity index is 2.34. The Morgan fingerprint density at radius 1 is 1.00 bits per heavy atom. The Hall–Kier alpha value is -1.75. The highest BCUT2D eigenvalue weighted by Crippen LogP contribution is 2.27. The molecule has 7 heteroatoms. The van der Waals surface area contributed by atoms with Crippen molar-refractivity contribution >= 4 is 45.7 Å². The van der Waals surface area contributed by atoms with Crippen molar-refractivity contribution in [3.05, 3.63) is 61.8 Å². The lowest BCUT2D eigenvalue weighted by Crippen LogP contribution is -2.21. The second-order valence-electron chi connectivity index (χ2n) is 4.34. The van der Waals surface area contributed by atoms with Gasteiger partial charge in [-0.1, -0.05) is 34.8 Å². The topological polar surface area (TPSA) is 55.1 Å². The maximum absolute atomic E-state index is 12.2. The number of fused-ring (bicyclic) bond motifs is 1. The van der Waals surface area contributed by atoms with Crippen LogP contribution in [0.4, 0.5) is 0 Å². The van der Waals surface area contributed by atoms with Crippen LogP contribution in [0.5, 0.6) is 0 Å². The van der Waals surface area contributed by atoms with Gasteiger partial charge in [0.25, 0.3) is 5.56 Å². The molecule has 1 heterocycles. The van der Waals surface area contributed by atoms with E-state index in [0.717, 1.165) is 0 Å². The molecule has 0 radical (unpaired) electrons. The summed E-state index contributed by atoms with van der Waals surface area (Å²) < 4.78 is 0.482. The molecule has 4 nitrogen and oxygen atoms in total. The van der Waals surface area contributed by atoms with Crippen LogP contribution in [0.15, 0.2) is 41.2 Å². The molecule has 2 aromatic carbocycles. The maximum Gasteiger partial charge on any atom is 0.294 e. The molecule has 106 valence electrons. The summed E-state index contributed by atoms with van der Waals surface area (Å²) in [5.74, 6) is 0.0633. The van der Waals surface area contributed by atoms with E-state index in [-0.39, 0.29) is 11.2 Å². The van der Waals surface area contributed by atoms with Crippen LogP contribution in [0.25, 0.3) is 22.3 Å². The molecule has 0 aliphatic rings. The highest BCUT2D eigenvalue weighted by atomic mass is 35.5. The lowest BCUT2D eigenvalue weighted by Gasteiger charge is -2.08. The van der Waals surface area contributed by atoms with Crippen LogP contribution >= 0.6 is 34.8 Å². The molecule has 0 amide bonds. The van der Waals surface area contributed by atoms with Crippen molar-refractivity contribution in [2.75, 3.05) is 0 Å². The van der Waals surface area contributed by atoms with Crippen molar-refractivity contribution in [1.29, 1.82) is 0 Å². The van der Waals surface area contributed by atoms with Crippen LogP contribution in [0.2, 0.25) is 15.1 Å². The average Bonchev–Trinajstić information content (AvgIpc) is 2.45. The molecule has 1 N–H and O–H groups in total. The SMILES string of the molecule is O=c1c2ccc(Cl)cc2nc(-c2ccc(Cl)c(Cl)c2)n1O. The smallest absolute Gasteiger partial charge is 0.294 e. The van der Waals surface area contributed by atoms with Gasteiger partial charge in [0.2, 0.25) is 0 Å². The highest BCUT2D eigenvalue weighted by molar-refractivity contribution is 6.42. The third-order valence-corrected chi connectivity index (χ3v) is 3.96. The molecule has 0 aliphatic carbocycles. The van der Waals surface area contributed by atoms with Crippen LogP contribution in [-0.2, 0) is 0 Å². The molecule has 3 aromatic rings. The largest absolute Gasteiger partial charge is 0.423 e. The Morgan fingerprint density at radius 2 is 1.76 bits per heavy atom. The maximum atomic E-state index is 12.2. The molecule has 0 spiro atoms. The summed E-state index contributed by atoms with van der Waals surface area (Å²) in [6.45, 7) is 0. The zero-order valence-electron chi connectivity index (χ0n) is 10.3. The van der Waals surface area contributed by atoms with Gasteiger partial charge < -0.3 is 5.21 Å². The minimum absolute atomic E-state index is 0.0633. The molecule has 1 aromatic heterocycles. The van der Waals surface area contributed by atoms with Crippen molar-refractivity contribution in [3.63, 3.8) is 0 Å². The minimum atomic E-state index is -0.585. The third kappa shape index (κ3) is 2.46. The molecule has 0 saturated heterocycles. The number of aromatic nitrogens is 2. The minimum Gasteiger partial charge on any atom is -0.423 e. The van der Waals surface area contributed by atoms with Gasteiger partial charge >= 0.3 is 0 Å². The second kappa shape index (κ2) is 5.22. The molecule has 0 atom stereocenters. The van der Waals surface area contributed by atoms with Crippen molar-refractivity contribution in [3.8, 4) is 11.4 Å². The molecule has 0 fully saturated rings. The van der Waals surface area contributed by atoms with E-state index >= 15 is 0 Å². The number of hydrogen-bond donors (Lipinski definition) is 1. The zero-order valence-corrected chi connectivity index (χ0v) is 12.6. The van der Waals surface area contributed by atoms with Crippen LogP contribution in [-0.4, -0.2) is 14.9 Å². The fourth-order valence-electron chi connectivity index (χ4n) is 1.97. The molecular weight excluding hydrogens is 335 g/mol. The normalized spacial score (nSPS) is 11.0. The van der Waals surface area contributed by atoms with E-state index in [4.69, 9.17) is 34.8 Å². The lowest BCUT2D eigenvalue weighted by atomic mass is 10.2. The summed E-state index contributed by atoms with van der Waals surface area (Å²) in [7, 11) is 0. The van der Waals surface area contributed by atoms with Gasteiger partial charge in [0.1, 0.15) is 0 Å². The van der Waals surface area contributed by atoms with E-state index in [1.165, 1.54) is 12.1 Å². The molecule has 0 saturated carbocycles. The fraction of sp³-hybridized carbons (Fsp3) is 0. The van der Waals surface area contributed by atoms with Gasteiger partial charge in [0, 0.05) is 10.6 Å². The summed E-state index contributed by atoms with van der Waals surface area (Å²) in [5, 5.41) is 11.4. The Labute approximate surface area is 134 Å². The van der Waals surface area contributed by atoms with E-state index < -0.39 is 5.56 Å². The van der Waals surface area contributed by atoms with Crippen LogP contribution in [0, 0.1) is 0 Å². The zero-order chi connectivity index (χ0) is 15.1. The van der Waals surface area contributed by atoms with E-state index in [1.807, 2.05) is 0 Å². The average molecular weight is 342 g/mol. The van der Waals surface area contributed by atoms with Crippen LogP contribution in [0.1, 0.15) is 0 Å². The first-order valence-corrected chi connectivity index (χ1v) is 6.98. The van der Waals surface area contributed by atoms with E-state index in [0.29, 0.717) is 30.9 Å². The van der Waals surface area contributed by atoms with E-state index in [2.05, 4.69) is 4.98 Å². The first-order valence-electron chi connectivity index (χ1n) is 5.84. The van der Waals surface area contributed by atoms with Crippen molar-refractivity contribution < 1.29 is 5.21 Å². The van der Waals surface area contributed by atoms with E-state index in [1.54, 1.807) is 24.3 Å². The number of hydrogen-bond acceptors (Lipinski definition) is 3. The summed E-state index contributed by atoms with van der Waals surface area (Å²) in [4.78, 5) is 16.4. The Kier molecular flexibility index (Phi) is 3.53. The standard InChI is InChI=1S/C14H7Cl3N2O2/c15-8-2-3-9-12(6-8)18-13(19(21)14(9)20)7-1-4-10(16)11(17)5-7/h1-6,21H. The molecule has 3 rings (SSSR count). The number of halogens is 3. The first-order chi connectivity index (χ1) is 9.97. The van der Waals surface area contributed by atoms with E-state index in [9.17, 15) is 10.0 Å². The van der Waals surface area contributed by atoms with Crippen molar-refractivity contribution in [2.24, 2.45) is 0 Å². The van der Waals surface area contributed by atoms with Crippen LogP contribution < -0.4 is 5.56 Å². The summed E-state index contributed by atoms with van der Waals surface area (Å²) in [5.41, 5.74) is 0.266. The van der Waals surface area contributed by atoms with Crippen molar-refractivity contribution in [1.82, 2.24) is 9.71 Å². The molecule has 21 heavy (non-hydrogen) atoms. The first kappa shape index (κ1) is 14.2. The second-order valence-corrected chi connectivity index (χ2v) is 5.59. The molecule has 0 unspecified atom stereocenters. The summed E-state index contributed by atoms with van der Waals surface area (Å²) in [6.07, 6.45) is 0. The quantitative estimate of drug-likeness (QED) is 0.673. The number of rotatable bonds is 1. The Morgan fingerprint density at radius 3 is 2.48 bits per heavy atom.